The summed E-state index contributed by atoms with van der Waals surface area (Å²) >= 11 is 17.9. The minimum atomic E-state index is -0.487. The Morgan fingerprint density at radius 1 is 0.614 bits per heavy atom. The molecule has 17 heteroatoms. The van der Waals surface area contributed by atoms with Crippen LogP contribution in [0.15, 0.2) is 79.3 Å². The number of aliphatic hydroxyl groups is 2. The number of methoxy groups -OCH3 is 1. The smallest absolute Gasteiger partial charge is 0.253 e. The number of aromatic nitrogens is 3. The van der Waals surface area contributed by atoms with Crippen LogP contribution < -0.4 is 14.5 Å². The molecule has 0 radical (unpaired) electrons. The molecule has 57 heavy (non-hydrogen) atoms. The van der Waals surface area contributed by atoms with E-state index in [0.29, 0.717) is 90.3 Å². The van der Waals surface area contributed by atoms with Crippen LogP contribution in [-0.4, -0.2) is 167 Å². The first kappa shape index (κ1) is 40.9. The van der Waals surface area contributed by atoms with Crippen LogP contribution in [-0.2, 0) is 0 Å². The number of nitrogens with zero attached hydrogens (tertiary/aromatic N) is 9. The molecule has 0 saturated carbocycles. The number of rotatable bonds is 7. The number of piperazine rings is 2. The van der Waals surface area contributed by atoms with E-state index in [1.807, 2.05) is 20.8 Å². The Labute approximate surface area is 347 Å². The Morgan fingerprint density at radius 3 is 1.53 bits per heavy atom. The maximum atomic E-state index is 12.7. The molecule has 6 heterocycles. The van der Waals surface area contributed by atoms with Crippen LogP contribution in [0.1, 0.15) is 20.7 Å². The Hall–Kier alpha value is -4.28. The predicted octanol–water partition coefficient (Wildman–Crippen LogP) is 3.54. The summed E-state index contributed by atoms with van der Waals surface area (Å²) in [5, 5.41) is 23.1. The van der Waals surface area contributed by atoms with E-state index in [1.165, 1.54) is 0 Å². The minimum Gasteiger partial charge on any atom is -0.494 e. The molecule has 4 aromatic rings. The van der Waals surface area contributed by atoms with Gasteiger partial charge in [0.05, 0.1) is 43.8 Å². The Morgan fingerprint density at radius 2 is 1.07 bits per heavy atom. The summed E-state index contributed by atoms with van der Waals surface area (Å²) in [5.41, 5.74) is 1.29. The lowest BCUT2D eigenvalue weighted by molar-refractivity contribution is 0.0371. The highest BCUT2D eigenvalue weighted by atomic mass is 35.5. The summed E-state index contributed by atoms with van der Waals surface area (Å²) in [6, 6.07) is 17.5. The number of carbonyl (C=O) groups excluding carboxylic acids is 2. The molecular formula is C40H46Cl3N9O5. The molecular weight excluding hydrogens is 793 g/mol. The molecule has 2 N–H and O–H groups in total. The fourth-order valence-corrected chi connectivity index (χ4v) is 8.22. The van der Waals surface area contributed by atoms with E-state index >= 15 is 0 Å². The van der Waals surface area contributed by atoms with Crippen molar-refractivity contribution in [2.75, 3.05) is 95.4 Å². The van der Waals surface area contributed by atoms with Gasteiger partial charge in [-0.25, -0.2) is 15.0 Å². The monoisotopic (exact) mass is 837 g/mol. The standard InChI is InChI=1S/C20H22Cl2N4O2.C20H24ClN5O3/c21-15-3-1-14(2-4-15)20(28)25-9-7-24(8-10-25)17-12-26(13-18(17)27)19-11-16(22)5-6-23-19;1-29-16-10-22-20(23-11-16)26-12-17(18(27)13-26)24-6-8-25(9-7-24)19(28)14-2-4-15(21)5-3-14/h1-6,11,17-18,27H,7-10,12-13H2;2-5,10-11,17-18,27H,6-9,12-13H2,1H3. The van der Waals surface area contributed by atoms with E-state index in [9.17, 15) is 19.8 Å². The zero-order chi connectivity index (χ0) is 40.1. The van der Waals surface area contributed by atoms with Gasteiger partial charge in [-0.15, -0.1) is 0 Å². The SMILES string of the molecule is COc1cnc(N2CC(O)C(N3CCN(C(=O)c4ccc(Cl)cc4)CC3)C2)nc1.O=C(c1ccc(Cl)cc1)N1CCN(C2CN(c3cc(Cl)ccn3)CC2O)CC1. The zero-order valence-electron chi connectivity index (χ0n) is 31.6. The second-order valence-electron chi connectivity index (χ2n) is 14.5. The molecule has 4 aliphatic heterocycles. The molecule has 4 saturated heterocycles. The molecule has 2 aromatic carbocycles. The Kier molecular flexibility index (Phi) is 13.3. The van der Waals surface area contributed by atoms with Crippen molar-refractivity contribution in [3.05, 3.63) is 105 Å². The number of carbonyl (C=O) groups is 2. The number of β-amino-alcohol motifs (C(OH)–C–C–N with tert-alkyl or cyclic N) is 2. The average molecular weight is 839 g/mol. The predicted molar refractivity (Wildman–Crippen MR) is 220 cm³/mol. The van der Waals surface area contributed by atoms with E-state index in [-0.39, 0.29) is 23.9 Å². The molecule has 2 amide bonds. The summed E-state index contributed by atoms with van der Waals surface area (Å²) < 4.78 is 5.10. The third kappa shape index (κ3) is 9.89. The lowest BCUT2D eigenvalue weighted by Gasteiger charge is -2.38. The molecule has 4 aliphatic rings. The maximum Gasteiger partial charge on any atom is 0.253 e. The molecule has 0 spiro atoms. The van der Waals surface area contributed by atoms with Crippen LogP contribution in [0.3, 0.4) is 0 Å². The van der Waals surface area contributed by atoms with Crippen LogP contribution >= 0.6 is 34.8 Å². The van der Waals surface area contributed by atoms with Crippen molar-refractivity contribution in [2.24, 2.45) is 0 Å². The van der Waals surface area contributed by atoms with Crippen molar-refractivity contribution >= 4 is 58.4 Å². The van der Waals surface area contributed by atoms with Gasteiger partial charge in [-0.3, -0.25) is 19.4 Å². The van der Waals surface area contributed by atoms with Crippen molar-refractivity contribution in [3.63, 3.8) is 0 Å². The molecule has 4 atom stereocenters. The largest absolute Gasteiger partial charge is 0.494 e. The Bertz CT molecular complexity index is 1970. The van der Waals surface area contributed by atoms with Crippen LogP contribution in [0.4, 0.5) is 11.8 Å². The van der Waals surface area contributed by atoms with Crippen molar-refractivity contribution < 1.29 is 24.5 Å². The topological polar surface area (TPSA) is 142 Å². The first-order valence-electron chi connectivity index (χ1n) is 19.0. The molecule has 14 nitrogen and oxygen atoms in total. The van der Waals surface area contributed by atoms with Gasteiger partial charge in [0.2, 0.25) is 5.95 Å². The molecule has 8 rings (SSSR count). The van der Waals surface area contributed by atoms with Crippen molar-refractivity contribution in [1.82, 2.24) is 34.6 Å². The van der Waals surface area contributed by atoms with E-state index in [0.717, 1.165) is 32.0 Å². The first-order valence-corrected chi connectivity index (χ1v) is 20.1. The second kappa shape index (κ2) is 18.5. The fourth-order valence-electron chi connectivity index (χ4n) is 7.81. The first-order chi connectivity index (χ1) is 27.6. The van der Waals surface area contributed by atoms with E-state index in [2.05, 4.69) is 29.7 Å². The molecule has 0 aliphatic carbocycles. The summed E-state index contributed by atoms with van der Waals surface area (Å²) in [4.78, 5) is 50.6. The van der Waals surface area contributed by atoms with Gasteiger partial charge >= 0.3 is 0 Å². The highest BCUT2D eigenvalue weighted by Crippen LogP contribution is 2.26. The summed E-state index contributed by atoms with van der Waals surface area (Å²) in [7, 11) is 1.57. The maximum absolute atomic E-state index is 12.7. The fraction of sp³-hybridized carbons (Fsp3) is 0.425. The van der Waals surface area contributed by atoms with Gasteiger partial charge in [-0.05, 0) is 60.7 Å². The number of ether oxygens (including phenoxy) is 1. The number of pyridine rings is 1. The van der Waals surface area contributed by atoms with Gasteiger partial charge in [0.25, 0.3) is 11.8 Å². The number of halogens is 3. The van der Waals surface area contributed by atoms with Gasteiger partial charge in [0, 0.05) is 111 Å². The highest BCUT2D eigenvalue weighted by Gasteiger charge is 2.39. The number of hydrogen-bond donors (Lipinski definition) is 2. The van der Waals surface area contributed by atoms with Crippen molar-refractivity contribution in [2.45, 2.75) is 24.3 Å². The summed E-state index contributed by atoms with van der Waals surface area (Å²) in [5.74, 6) is 2.01. The normalized spacial score (nSPS) is 23.0. The molecule has 302 valence electrons. The second-order valence-corrected chi connectivity index (χ2v) is 15.8. The summed E-state index contributed by atoms with van der Waals surface area (Å²) in [6.45, 7) is 7.81. The molecule has 4 fully saturated rings. The quantitative estimate of drug-likeness (QED) is 0.282. The molecule has 0 bridgehead atoms. The average Bonchev–Trinajstić information content (AvgIpc) is 3.83. The van der Waals surface area contributed by atoms with Gasteiger partial charge in [0.1, 0.15) is 5.82 Å². The van der Waals surface area contributed by atoms with Gasteiger partial charge in [0.15, 0.2) is 5.75 Å². The number of hydrogen-bond acceptors (Lipinski definition) is 12. The minimum absolute atomic E-state index is 0.00603. The number of amides is 2. The van der Waals surface area contributed by atoms with Gasteiger partial charge in [-0.2, -0.15) is 0 Å². The lowest BCUT2D eigenvalue weighted by Crippen LogP contribution is -2.54. The van der Waals surface area contributed by atoms with Crippen LogP contribution in [0.25, 0.3) is 0 Å². The van der Waals surface area contributed by atoms with Crippen LogP contribution in [0, 0.1) is 0 Å². The van der Waals surface area contributed by atoms with Crippen LogP contribution in [0.2, 0.25) is 15.1 Å². The van der Waals surface area contributed by atoms with Gasteiger partial charge < -0.3 is 34.5 Å². The van der Waals surface area contributed by atoms with E-state index in [4.69, 9.17) is 39.5 Å². The number of anilines is 2. The Balaban J connectivity index is 0.000000174. The lowest BCUT2D eigenvalue weighted by atomic mass is 10.1. The number of benzene rings is 2. The summed E-state index contributed by atoms with van der Waals surface area (Å²) in [6.07, 6.45) is 3.99. The van der Waals surface area contributed by atoms with Crippen molar-refractivity contribution in [1.29, 1.82) is 0 Å². The van der Waals surface area contributed by atoms with E-state index < -0.39 is 12.2 Å². The third-order valence-corrected chi connectivity index (χ3v) is 11.7. The van der Waals surface area contributed by atoms with Crippen molar-refractivity contribution in [3.8, 4) is 5.75 Å². The van der Waals surface area contributed by atoms with E-state index in [1.54, 1.807) is 80.3 Å². The zero-order valence-corrected chi connectivity index (χ0v) is 33.8. The third-order valence-electron chi connectivity index (χ3n) is 11.0. The van der Waals surface area contributed by atoms with Crippen LogP contribution in [0.5, 0.6) is 5.75 Å². The molecule has 2 aromatic heterocycles. The molecule has 4 unspecified atom stereocenters. The number of aliphatic hydroxyl groups excluding tert-OH is 2. The highest BCUT2D eigenvalue weighted by molar-refractivity contribution is 6.31. The van der Waals surface area contributed by atoms with Gasteiger partial charge in [-0.1, -0.05) is 34.8 Å².